The lowest BCUT2D eigenvalue weighted by molar-refractivity contribution is 0.354. The first kappa shape index (κ1) is 21.4. The van der Waals surface area contributed by atoms with E-state index in [9.17, 15) is 8.42 Å². The van der Waals surface area contributed by atoms with Gasteiger partial charge in [0.15, 0.2) is 0 Å². The van der Waals surface area contributed by atoms with Crippen LogP contribution in [0.2, 0.25) is 0 Å². The minimum Gasteiger partial charge on any atom is -0.497 e. The van der Waals surface area contributed by atoms with Crippen LogP contribution >= 0.6 is 11.3 Å². The fraction of sp³-hybridized carbons (Fsp3) is 0.455. The summed E-state index contributed by atoms with van der Waals surface area (Å²) in [7, 11) is -1.91. The summed E-state index contributed by atoms with van der Waals surface area (Å²) in [5.41, 5.74) is 1.76. The minimum absolute atomic E-state index is 0.317. The van der Waals surface area contributed by atoms with Crippen molar-refractivity contribution in [2.75, 3.05) is 38.2 Å². The Kier molecular flexibility index (Phi) is 5.92. The molecule has 0 N–H and O–H groups in total. The number of hydrogen-bond donors (Lipinski definition) is 0. The highest BCUT2D eigenvalue weighted by molar-refractivity contribution is 7.91. The van der Waals surface area contributed by atoms with Crippen LogP contribution < -0.4 is 9.64 Å². The van der Waals surface area contributed by atoms with Crippen LogP contribution in [0.4, 0.5) is 5.69 Å². The van der Waals surface area contributed by atoms with Crippen molar-refractivity contribution < 1.29 is 17.7 Å². The molecule has 0 bridgehead atoms. The molecular weight excluding hydrogens is 448 g/mol. The Balaban J connectivity index is 1.26. The second-order valence-corrected chi connectivity index (χ2v) is 11.3. The molecule has 0 amide bonds. The molecule has 0 atom stereocenters. The average molecular weight is 475 g/mol. The van der Waals surface area contributed by atoms with Crippen molar-refractivity contribution in [3.8, 4) is 17.1 Å². The predicted molar refractivity (Wildman–Crippen MR) is 123 cm³/mol. The molecular formula is C22H26N4O4S2. The standard InChI is InChI=1S/C22H26N4O4S2/c1-29-19-8-6-18(7-9-19)25-10-12-26(13-11-25)32(27,28)20-14-17(15-31-20)21-23-22(30-24-21)16-4-2-3-5-16/h6-9,14-16H,2-5,10-13H2,1H3. The number of nitrogens with zero attached hydrogens (tertiary/aromatic N) is 4. The van der Waals surface area contributed by atoms with Crippen molar-refractivity contribution in [3.63, 3.8) is 0 Å². The molecule has 0 unspecified atom stereocenters. The van der Waals surface area contributed by atoms with E-state index in [0.717, 1.165) is 24.3 Å². The molecule has 1 saturated heterocycles. The monoisotopic (exact) mass is 474 g/mol. The van der Waals surface area contributed by atoms with Gasteiger partial charge in [0.05, 0.1) is 7.11 Å². The summed E-state index contributed by atoms with van der Waals surface area (Å²) in [6.07, 6.45) is 4.53. The van der Waals surface area contributed by atoms with Crippen molar-refractivity contribution in [1.82, 2.24) is 14.4 Å². The zero-order valence-corrected chi connectivity index (χ0v) is 19.6. The molecule has 3 heterocycles. The molecule has 32 heavy (non-hydrogen) atoms. The molecule has 170 valence electrons. The number of thiophene rings is 1. The molecule has 1 aromatic carbocycles. The highest BCUT2D eigenvalue weighted by atomic mass is 32.2. The first-order valence-corrected chi connectivity index (χ1v) is 13.2. The SMILES string of the molecule is COc1ccc(N2CCN(S(=O)(=O)c3cc(-c4noc(C5CCCC5)n4)cs3)CC2)cc1. The number of aromatic nitrogens is 2. The van der Waals surface area contributed by atoms with E-state index >= 15 is 0 Å². The normalized spacial score (nSPS) is 18.3. The number of rotatable bonds is 6. The van der Waals surface area contributed by atoms with Crippen LogP contribution in [0.1, 0.15) is 37.5 Å². The van der Waals surface area contributed by atoms with E-state index in [-0.39, 0.29) is 0 Å². The minimum atomic E-state index is -3.56. The molecule has 1 saturated carbocycles. The Bertz CT molecular complexity index is 1160. The molecule has 0 spiro atoms. The third-order valence-corrected chi connectivity index (χ3v) is 9.56. The van der Waals surface area contributed by atoms with Gasteiger partial charge in [-0.25, -0.2) is 8.42 Å². The number of benzene rings is 1. The third kappa shape index (κ3) is 4.14. The Labute approximate surface area is 191 Å². The van der Waals surface area contributed by atoms with Crippen LogP contribution in [0, 0.1) is 0 Å². The van der Waals surface area contributed by atoms with E-state index in [0.29, 0.717) is 53.6 Å². The maximum absolute atomic E-state index is 13.2. The van der Waals surface area contributed by atoms with Gasteiger partial charge in [0.2, 0.25) is 11.7 Å². The summed E-state index contributed by atoms with van der Waals surface area (Å²) < 4.78 is 39.0. The van der Waals surface area contributed by atoms with Crippen molar-refractivity contribution in [2.24, 2.45) is 0 Å². The third-order valence-electron chi connectivity index (χ3n) is 6.25. The van der Waals surface area contributed by atoms with Gasteiger partial charge in [0.25, 0.3) is 10.0 Å². The lowest BCUT2D eigenvalue weighted by atomic mass is 10.1. The van der Waals surface area contributed by atoms with E-state index in [1.165, 1.54) is 24.2 Å². The molecule has 5 rings (SSSR count). The molecule has 0 radical (unpaired) electrons. The first-order valence-electron chi connectivity index (χ1n) is 10.9. The number of piperazine rings is 1. The van der Waals surface area contributed by atoms with Crippen LogP contribution in [0.15, 0.2) is 44.4 Å². The van der Waals surface area contributed by atoms with Gasteiger partial charge in [-0.2, -0.15) is 9.29 Å². The fourth-order valence-electron chi connectivity index (χ4n) is 4.37. The second-order valence-electron chi connectivity index (χ2n) is 8.18. The Morgan fingerprint density at radius 1 is 1.09 bits per heavy atom. The van der Waals surface area contributed by atoms with Gasteiger partial charge >= 0.3 is 0 Å². The van der Waals surface area contributed by atoms with Crippen LogP contribution in [0.5, 0.6) is 5.75 Å². The summed E-state index contributed by atoms with van der Waals surface area (Å²) in [5, 5.41) is 5.89. The zero-order chi connectivity index (χ0) is 22.1. The molecule has 1 aliphatic heterocycles. The van der Waals surface area contributed by atoms with Gasteiger partial charge in [0.1, 0.15) is 9.96 Å². The predicted octanol–water partition coefficient (Wildman–Crippen LogP) is 3.98. The largest absolute Gasteiger partial charge is 0.497 e. The van der Waals surface area contributed by atoms with Crippen LogP contribution in [-0.2, 0) is 10.0 Å². The second kappa shape index (κ2) is 8.84. The van der Waals surface area contributed by atoms with E-state index < -0.39 is 10.0 Å². The Morgan fingerprint density at radius 2 is 1.81 bits per heavy atom. The van der Waals surface area contributed by atoms with Gasteiger partial charge in [-0.1, -0.05) is 18.0 Å². The number of methoxy groups -OCH3 is 1. The Morgan fingerprint density at radius 3 is 2.50 bits per heavy atom. The number of hydrogen-bond acceptors (Lipinski definition) is 8. The maximum atomic E-state index is 13.2. The van der Waals surface area contributed by atoms with Gasteiger partial charge in [0, 0.05) is 48.7 Å². The molecule has 8 nitrogen and oxygen atoms in total. The number of anilines is 1. The lowest BCUT2D eigenvalue weighted by Gasteiger charge is -2.35. The number of sulfonamides is 1. The van der Waals surface area contributed by atoms with Crippen molar-refractivity contribution in [2.45, 2.75) is 35.8 Å². The van der Waals surface area contributed by atoms with Crippen molar-refractivity contribution in [3.05, 3.63) is 41.6 Å². The fourth-order valence-corrected chi connectivity index (χ4v) is 7.10. The van der Waals surface area contributed by atoms with Crippen LogP contribution in [0.3, 0.4) is 0 Å². The maximum Gasteiger partial charge on any atom is 0.252 e. The van der Waals surface area contributed by atoms with Crippen molar-refractivity contribution >= 4 is 27.0 Å². The summed E-state index contributed by atoms with van der Waals surface area (Å²) in [6, 6.07) is 9.50. The van der Waals surface area contributed by atoms with Crippen LogP contribution in [0.25, 0.3) is 11.4 Å². The average Bonchev–Trinajstić information content (AvgIpc) is 3.60. The molecule has 10 heteroatoms. The molecule has 3 aromatic rings. The van der Waals surface area contributed by atoms with Gasteiger partial charge in [-0.15, -0.1) is 11.3 Å². The highest BCUT2D eigenvalue weighted by Crippen LogP contribution is 2.35. The summed E-state index contributed by atoms with van der Waals surface area (Å²) in [6.45, 7) is 2.16. The smallest absolute Gasteiger partial charge is 0.252 e. The molecule has 2 aromatic heterocycles. The van der Waals surface area contributed by atoms with Crippen molar-refractivity contribution in [1.29, 1.82) is 0 Å². The van der Waals surface area contributed by atoms with Gasteiger partial charge < -0.3 is 14.2 Å². The molecule has 1 aliphatic carbocycles. The van der Waals surface area contributed by atoms with Gasteiger partial charge in [-0.3, -0.25) is 0 Å². The summed E-state index contributed by atoms with van der Waals surface area (Å²) in [5.74, 6) is 2.28. The molecule has 2 aliphatic rings. The Hall–Kier alpha value is -2.43. The van der Waals surface area contributed by atoms with E-state index in [2.05, 4.69) is 15.0 Å². The molecule has 2 fully saturated rings. The van der Waals surface area contributed by atoms with E-state index in [1.54, 1.807) is 22.9 Å². The van der Waals surface area contributed by atoms with E-state index in [4.69, 9.17) is 9.26 Å². The van der Waals surface area contributed by atoms with Gasteiger partial charge in [-0.05, 0) is 43.2 Å². The topological polar surface area (TPSA) is 88.8 Å². The first-order chi connectivity index (χ1) is 15.5. The lowest BCUT2D eigenvalue weighted by Crippen LogP contribution is -2.48. The number of ether oxygens (including phenoxy) is 1. The van der Waals surface area contributed by atoms with Crippen LogP contribution in [-0.4, -0.2) is 56.2 Å². The summed E-state index contributed by atoms with van der Waals surface area (Å²) in [4.78, 5) is 6.72. The summed E-state index contributed by atoms with van der Waals surface area (Å²) >= 11 is 1.21. The van der Waals surface area contributed by atoms with E-state index in [1.807, 2.05) is 24.3 Å². The quantitative estimate of drug-likeness (QED) is 0.534. The highest BCUT2D eigenvalue weighted by Gasteiger charge is 2.31. The zero-order valence-electron chi connectivity index (χ0n) is 17.9.